The number of H-pyrrole nitrogens is 1. The van der Waals surface area contributed by atoms with E-state index in [2.05, 4.69) is 15.5 Å². The van der Waals surface area contributed by atoms with Crippen molar-refractivity contribution in [2.75, 3.05) is 26.1 Å². The van der Waals surface area contributed by atoms with Crippen molar-refractivity contribution in [2.45, 2.75) is 12.8 Å². The summed E-state index contributed by atoms with van der Waals surface area (Å²) in [5, 5.41) is 10.7. The Bertz CT molecular complexity index is 1300. The maximum atomic E-state index is 12.7. The quantitative estimate of drug-likeness (QED) is 0.341. The molecule has 0 unspecified atom stereocenters. The summed E-state index contributed by atoms with van der Waals surface area (Å²) >= 11 is 0. The Labute approximate surface area is 196 Å². The predicted octanol–water partition coefficient (Wildman–Crippen LogP) is 4.41. The van der Waals surface area contributed by atoms with Crippen LogP contribution in [0.1, 0.15) is 22.3 Å². The molecule has 0 aliphatic rings. The van der Waals surface area contributed by atoms with Gasteiger partial charge in [0, 0.05) is 17.9 Å². The highest BCUT2D eigenvalue weighted by Crippen LogP contribution is 2.27. The molecule has 0 bridgehead atoms. The summed E-state index contributed by atoms with van der Waals surface area (Å²) in [7, 11) is 3.04. The number of hydrogen-bond acceptors (Lipinski definition) is 6. The Balaban J connectivity index is 1.38. The first-order valence-electron chi connectivity index (χ1n) is 10.8. The molecule has 4 aromatic rings. The average Bonchev–Trinajstić information content (AvgIpc) is 3.27. The van der Waals surface area contributed by atoms with Gasteiger partial charge in [0.05, 0.1) is 25.3 Å². The Hall–Kier alpha value is -4.33. The topological polar surface area (TPSA) is 103 Å². The van der Waals surface area contributed by atoms with Crippen LogP contribution in [0.15, 0.2) is 66.7 Å². The Kier molecular flexibility index (Phi) is 7.07. The summed E-state index contributed by atoms with van der Waals surface area (Å²) in [5.41, 5.74) is 2.17. The van der Waals surface area contributed by atoms with Gasteiger partial charge in [-0.3, -0.25) is 14.7 Å². The molecule has 0 saturated carbocycles. The van der Waals surface area contributed by atoms with Crippen LogP contribution in [0.4, 0.5) is 5.82 Å². The number of fused-ring (bicyclic) bond motifs is 1. The summed E-state index contributed by atoms with van der Waals surface area (Å²) in [6.45, 7) is -0.174. The minimum absolute atomic E-state index is 0.115. The molecule has 2 N–H and O–H groups in total. The molecular formula is C26H25N3O5. The number of aromatic nitrogens is 2. The lowest BCUT2D eigenvalue weighted by Gasteiger charge is -2.10. The third kappa shape index (κ3) is 5.35. The van der Waals surface area contributed by atoms with Crippen LogP contribution in [0.5, 0.6) is 17.2 Å². The van der Waals surface area contributed by atoms with E-state index in [-0.39, 0.29) is 18.3 Å². The van der Waals surface area contributed by atoms with Crippen LogP contribution in [0.2, 0.25) is 0 Å². The molecule has 4 rings (SSSR count). The number of hydrogen-bond donors (Lipinski definition) is 2. The van der Waals surface area contributed by atoms with Crippen LogP contribution in [0.25, 0.3) is 10.9 Å². The molecule has 174 valence electrons. The monoisotopic (exact) mass is 459 g/mol. The summed E-state index contributed by atoms with van der Waals surface area (Å²) in [6.07, 6.45) is 1.01. The lowest BCUT2D eigenvalue weighted by molar-refractivity contribution is -0.116. The molecule has 34 heavy (non-hydrogen) atoms. The van der Waals surface area contributed by atoms with Crippen LogP contribution in [-0.2, 0) is 11.2 Å². The van der Waals surface area contributed by atoms with E-state index >= 15 is 0 Å². The van der Waals surface area contributed by atoms with Gasteiger partial charge in [0.25, 0.3) is 0 Å². The second-order valence-electron chi connectivity index (χ2n) is 7.59. The lowest BCUT2D eigenvalue weighted by atomic mass is 10.1. The molecular weight excluding hydrogens is 434 g/mol. The number of Topliss-reactive ketones (excluding diaryl/α,β-unsaturated/α-hetero) is 1. The van der Waals surface area contributed by atoms with Gasteiger partial charge in [-0.15, -0.1) is 0 Å². The van der Waals surface area contributed by atoms with Crippen molar-refractivity contribution in [2.24, 2.45) is 0 Å². The molecule has 0 spiro atoms. The standard InChI is InChI=1S/C26H25N3O5/c1-32-18-10-12-24(33-2)21(14-18)23(30)16-34-19-9-11-20-22(15-19)28-29-26(20)27-25(31)13-8-17-6-4-3-5-7-17/h3-7,9-12,14-15H,8,13,16H2,1-2H3,(H2,27,28,29,31). The van der Waals surface area contributed by atoms with Crippen LogP contribution in [-0.4, -0.2) is 42.7 Å². The summed E-state index contributed by atoms with van der Waals surface area (Å²) in [6, 6.07) is 20.1. The van der Waals surface area contributed by atoms with E-state index < -0.39 is 0 Å². The van der Waals surface area contributed by atoms with Crippen molar-refractivity contribution in [3.8, 4) is 17.2 Å². The molecule has 3 aromatic carbocycles. The summed E-state index contributed by atoms with van der Waals surface area (Å²) in [4.78, 5) is 25.0. The Morgan fingerprint density at radius 2 is 1.74 bits per heavy atom. The highest BCUT2D eigenvalue weighted by molar-refractivity contribution is 6.01. The van der Waals surface area contributed by atoms with Gasteiger partial charge in [-0.05, 0) is 42.3 Å². The van der Waals surface area contributed by atoms with Gasteiger partial charge in [-0.25, -0.2) is 0 Å². The smallest absolute Gasteiger partial charge is 0.225 e. The zero-order valence-corrected chi connectivity index (χ0v) is 19.0. The fourth-order valence-corrected chi connectivity index (χ4v) is 3.54. The highest BCUT2D eigenvalue weighted by Gasteiger charge is 2.15. The van der Waals surface area contributed by atoms with Gasteiger partial charge in [-0.1, -0.05) is 30.3 Å². The van der Waals surface area contributed by atoms with Gasteiger partial charge in [0.2, 0.25) is 11.7 Å². The van der Waals surface area contributed by atoms with E-state index in [1.165, 1.54) is 14.2 Å². The van der Waals surface area contributed by atoms with Crippen molar-refractivity contribution in [3.05, 3.63) is 77.9 Å². The van der Waals surface area contributed by atoms with Gasteiger partial charge in [0.15, 0.2) is 12.4 Å². The van der Waals surface area contributed by atoms with E-state index in [1.807, 2.05) is 30.3 Å². The van der Waals surface area contributed by atoms with Gasteiger partial charge >= 0.3 is 0 Å². The second-order valence-corrected chi connectivity index (χ2v) is 7.59. The second kappa shape index (κ2) is 10.5. The number of carbonyl (C=O) groups is 2. The highest BCUT2D eigenvalue weighted by atomic mass is 16.5. The molecule has 0 radical (unpaired) electrons. The van der Waals surface area contributed by atoms with E-state index in [9.17, 15) is 9.59 Å². The van der Waals surface area contributed by atoms with Crippen molar-refractivity contribution in [1.82, 2.24) is 10.2 Å². The third-order valence-corrected chi connectivity index (χ3v) is 5.35. The van der Waals surface area contributed by atoms with E-state index in [0.717, 1.165) is 10.9 Å². The number of nitrogens with zero attached hydrogens (tertiary/aromatic N) is 1. The number of aryl methyl sites for hydroxylation is 1. The van der Waals surface area contributed by atoms with Crippen LogP contribution < -0.4 is 19.5 Å². The number of carbonyl (C=O) groups excluding carboxylic acids is 2. The summed E-state index contributed by atoms with van der Waals surface area (Å²) in [5.74, 6) is 1.60. The Morgan fingerprint density at radius 1 is 0.941 bits per heavy atom. The number of amides is 1. The molecule has 8 heteroatoms. The molecule has 0 fully saturated rings. The number of methoxy groups -OCH3 is 2. The normalized spacial score (nSPS) is 10.6. The van der Waals surface area contributed by atoms with E-state index in [4.69, 9.17) is 14.2 Å². The number of anilines is 1. The van der Waals surface area contributed by atoms with Gasteiger partial charge < -0.3 is 19.5 Å². The fourth-order valence-electron chi connectivity index (χ4n) is 3.54. The molecule has 8 nitrogen and oxygen atoms in total. The first kappa shape index (κ1) is 22.8. The number of rotatable bonds is 10. The molecule has 1 heterocycles. The number of ether oxygens (including phenoxy) is 3. The average molecular weight is 460 g/mol. The molecule has 0 atom stereocenters. The van der Waals surface area contributed by atoms with Gasteiger partial charge in [-0.2, -0.15) is 5.10 Å². The fraction of sp³-hybridized carbons (Fsp3) is 0.192. The number of nitrogens with one attached hydrogen (secondary N) is 2. The van der Waals surface area contributed by atoms with E-state index in [1.54, 1.807) is 36.4 Å². The van der Waals surface area contributed by atoms with Crippen molar-refractivity contribution < 1.29 is 23.8 Å². The number of aromatic amines is 1. The summed E-state index contributed by atoms with van der Waals surface area (Å²) < 4.78 is 16.2. The zero-order valence-electron chi connectivity index (χ0n) is 19.0. The van der Waals surface area contributed by atoms with Crippen LogP contribution in [0.3, 0.4) is 0 Å². The zero-order chi connectivity index (χ0) is 23.9. The minimum Gasteiger partial charge on any atom is -0.497 e. The first-order chi connectivity index (χ1) is 16.6. The number of ketones is 1. The Morgan fingerprint density at radius 3 is 2.50 bits per heavy atom. The molecule has 1 aromatic heterocycles. The van der Waals surface area contributed by atoms with Gasteiger partial charge in [0.1, 0.15) is 17.2 Å². The minimum atomic E-state index is -0.244. The maximum absolute atomic E-state index is 12.7. The molecule has 0 aliphatic heterocycles. The number of benzene rings is 3. The molecule has 0 saturated heterocycles. The van der Waals surface area contributed by atoms with Crippen LogP contribution in [0, 0.1) is 0 Å². The SMILES string of the molecule is COc1ccc(OC)c(C(=O)COc2ccc3c(NC(=O)CCc4ccccc4)n[nH]c3c2)c1. The maximum Gasteiger partial charge on any atom is 0.225 e. The van der Waals surface area contributed by atoms with Crippen molar-refractivity contribution >= 4 is 28.4 Å². The molecule has 0 aliphatic carbocycles. The van der Waals surface area contributed by atoms with Crippen molar-refractivity contribution in [3.63, 3.8) is 0 Å². The molecule has 1 amide bonds. The third-order valence-electron chi connectivity index (χ3n) is 5.35. The lowest BCUT2D eigenvalue weighted by Crippen LogP contribution is -2.13. The van der Waals surface area contributed by atoms with E-state index in [0.29, 0.717) is 47.0 Å². The van der Waals surface area contributed by atoms with Crippen LogP contribution >= 0.6 is 0 Å². The first-order valence-corrected chi connectivity index (χ1v) is 10.8. The largest absolute Gasteiger partial charge is 0.497 e. The van der Waals surface area contributed by atoms with Crippen molar-refractivity contribution in [1.29, 1.82) is 0 Å². The predicted molar refractivity (Wildman–Crippen MR) is 129 cm³/mol.